The molecule has 5 heterocycles. The van der Waals surface area contributed by atoms with Crippen molar-refractivity contribution in [2.24, 2.45) is 0 Å². The number of para-hydroxylation sites is 1. The van der Waals surface area contributed by atoms with Crippen LogP contribution in [0, 0.1) is 0 Å². The van der Waals surface area contributed by atoms with Crippen LogP contribution < -0.4 is 5.32 Å². The molecule has 0 spiro atoms. The number of H-pyrrole nitrogens is 1. The minimum atomic E-state index is -4.44. The smallest absolute Gasteiger partial charge is 0.342 e. The maximum Gasteiger partial charge on any atom is 0.416 e. The summed E-state index contributed by atoms with van der Waals surface area (Å²) in [6.45, 7) is 3.09. The van der Waals surface area contributed by atoms with Crippen LogP contribution in [-0.2, 0) is 19.1 Å². The summed E-state index contributed by atoms with van der Waals surface area (Å²) in [5, 5.41) is 5.43. The number of alkyl halides is 3. The van der Waals surface area contributed by atoms with Gasteiger partial charge in [0.2, 0.25) is 5.95 Å². The van der Waals surface area contributed by atoms with Crippen LogP contribution in [0.2, 0.25) is 0 Å². The van der Waals surface area contributed by atoms with Crippen molar-refractivity contribution < 1.29 is 13.2 Å². The van der Waals surface area contributed by atoms with Gasteiger partial charge in [-0.2, -0.15) is 13.2 Å². The van der Waals surface area contributed by atoms with Crippen LogP contribution in [0.25, 0.3) is 38.6 Å². The Labute approximate surface area is 272 Å². The lowest BCUT2D eigenvalue weighted by atomic mass is 10.0. The van der Waals surface area contributed by atoms with E-state index in [1.54, 1.807) is 12.3 Å². The number of halogens is 3. The van der Waals surface area contributed by atoms with Crippen molar-refractivity contribution in [1.82, 2.24) is 34.2 Å². The molecule has 1 fully saturated rings. The van der Waals surface area contributed by atoms with Crippen molar-refractivity contribution in [3.05, 3.63) is 113 Å². The third-order valence-electron chi connectivity index (χ3n) is 8.50. The fraction of sp³-hybridized carbons (Fsp3) is 0.200. The Hall–Kier alpha value is -5.07. The number of aromatic nitrogens is 6. The average molecular weight is 651 g/mol. The number of nitrogens with one attached hydrogen (secondary N) is 2. The van der Waals surface area contributed by atoms with Gasteiger partial charge in [0.25, 0.3) is 0 Å². The third-order valence-corrected chi connectivity index (χ3v) is 9.26. The van der Waals surface area contributed by atoms with E-state index in [-0.39, 0.29) is 12.0 Å². The van der Waals surface area contributed by atoms with Crippen LogP contribution >= 0.6 is 11.3 Å². The number of hydrogen-bond acceptors (Lipinski definition) is 7. The highest BCUT2D eigenvalue weighted by molar-refractivity contribution is 7.15. The van der Waals surface area contributed by atoms with Crippen molar-refractivity contribution in [3.63, 3.8) is 0 Å². The number of thiazole rings is 1. The zero-order valence-corrected chi connectivity index (χ0v) is 25.9. The van der Waals surface area contributed by atoms with Gasteiger partial charge >= 0.3 is 6.18 Å². The molecule has 12 heteroatoms. The second-order valence-corrected chi connectivity index (χ2v) is 12.5. The number of aromatic amines is 1. The summed E-state index contributed by atoms with van der Waals surface area (Å²) in [6.07, 6.45) is 1.77. The van der Waals surface area contributed by atoms with Crippen LogP contribution in [-0.4, -0.2) is 47.3 Å². The molecule has 0 bridgehead atoms. The quantitative estimate of drug-likeness (QED) is 0.172. The molecule has 0 amide bonds. The van der Waals surface area contributed by atoms with Crippen molar-refractivity contribution in [3.8, 4) is 22.6 Å². The van der Waals surface area contributed by atoms with Gasteiger partial charge < -0.3 is 10.3 Å². The van der Waals surface area contributed by atoms with Crippen molar-refractivity contribution >= 4 is 39.0 Å². The molecule has 47 heavy (non-hydrogen) atoms. The van der Waals surface area contributed by atoms with Crippen molar-refractivity contribution in [2.45, 2.75) is 32.0 Å². The van der Waals surface area contributed by atoms with Gasteiger partial charge in [0.15, 0.2) is 4.96 Å². The first kappa shape index (κ1) is 29.3. The zero-order chi connectivity index (χ0) is 32.0. The van der Waals surface area contributed by atoms with E-state index in [4.69, 9.17) is 9.97 Å². The molecule has 1 aliphatic heterocycles. The van der Waals surface area contributed by atoms with E-state index in [0.29, 0.717) is 28.5 Å². The Morgan fingerprint density at radius 3 is 2.55 bits per heavy atom. The Kier molecular flexibility index (Phi) is 7.45. The number of benzene rings is 3. The minimum absolute atomic E-state index is 0.0308. The van der Waals surface area contributed by atoms with Gasteiger partial charge in [0.05, 0.1) is 28.0 Å². The van der Waals surface area contributed by atoms with E-state index in [1.807, 2.05) is 46.3 Å². The molecule has 2 N–H and O–H groups in total. The predicted molar refractivity (Wildman–Crippen MR) is 178 cm³/mol. The summed E-state index contributed by atoms with van der Waals surface area (Å²) in [7, 11) is 0. The van der Waals surface area contributed by atoms with E-state index in [9.17, 15) is 13.2 Å². The van der Waals surface area contributed by atoms with Gasteiger partial charge in [-0.25, -0.2) is 19.9 Å². The molecule has 0 aliphatic carbocycles. The van der Waals surface area contributed by atoms with E-state index >= 15 is 0 Å². The van der Waals surface area contributed by atoms with E-state index < -0.39 is 11.7 Å². The molecular weight excluding hydrogens is 622 g/mol. The monoisotopic (exact) mass is 650 g/mol. The normalized spacial score (nSPS) is 14.0. The third kappa shape index (κ3) is 5.85. The number of likely N-dealkylation sites (tertiary alicyclic amines) is 1. The van der Waals surface area contributed by atoms with E-state index in [0.717, 1.165) is 53.3 Å². The second-order valence-electron chi connectivity index (χ2n) is 11.6. The largest absolute Gasteiger partial charge is 0.416 e. The first-order chi connectivity index (χ1) is 22.9. The van der Waals surface area contributed by atoms with Gasteiger partial charge in [-0.05, 0) is 67.4 Å². The fourth-order valence-corrected chi connectivity index (χ4v) is 7.00. The Bertz CT molecular complexity index is 2210. The fourth-order valence-electron chi connectivity index (χ4n) is 6.29. The lowest BCUT2D eigenvalue weighted by molar-refractivity contribution is -0.138. The lowest BCUT2D eigenvalue weighted by Crippen LogP contribution is -2.19. The maximum absolute atomic E-state index is 13.6. The summed E-state index contributed by atoms with van der Waals surface area (Å²) in [5.41, 5.74) is 6.15. The molecule has 236 valence electrons. The SMILES string of the molecule is FC(F)(F)c1ccccc1Cc1nc2ccc(-c3nc4sccn4c3-c3ccnc(Nc4ccccc4CN4CCCC4)n3)cc2[nH]1. The van der Waals surface area contributed by atoms with Gasteiger partial charge in [-0.15, -0.1) is 11.3 Å². The van der Waals surface area contributed by atoms with Crippen LogP contribution in [0.1, 0.15) is 35.4 Å². The molecule has 3 aromatic carbocycles. The molecule has 8 nitrogen and oxygen atoms in total. The minimum Gasteiger partial charge on any atom is -0.342 e. The first-order valence-electron chi connectivity index (χ1n) is 15.4. The average Bonchev–Trinajstić information content (AvgIpc) is 3.86. The summed E-state index contributed by atoms with van der Waals surface area (Å²) < 4.78 is 42.8. The molecule has 0 atom stereocenters. The number of imidazole rings is 2. The van der Waals surface area contributed by atoms with Crippen LogP contribution in [0.15, 0.2) is 90.6 Å². The Balaban J connectivity index is 1.12. The molecule has 1 saturated heterocycles. The summed E-state index contributed by atoms with van der Waals surface area (Å²) >= 11 is 1.52. The van der Waals surface area contributed by atoms with Crippen LogP contribution in [0.5, 0.6) is 0 Å². The lowest BCUT2D eigenvalue weighted by Gasteiger charge is -2.18. The van der Waals surface area contributed by atoms with Crippen LogP contribution in [0.4, 0.5) is 24.8 Å². The van der Waals surface area contributed by atoms with Crippen LogP contribution in [0.3, 0.4) is 0 Å². The number of fused-ring (bicyclic) bond motifs is 2. The van der Waals surface area contributed by atoms with E-state index in [1.165, 1.54) is 41.9 Å². The Morgan fingerprint density at radius 1 is 0.894 bits per heavy atom. The van der Waals surface area contributed by atoms with Gasteiger partial charge in [-0.1, -0.05) is 42.5 Å². The topological polar surface area (TPSA) is 87.0 Å². The summed E-state index contributed by atoms with van der Waals surface area (Å²) in [6, 6.07) is 21.5. The van der Waals surface area contributed by atoms with Gasteiger partial charge in [0, 0.05) is 42.0 Å². The predicted octanol–water partition coefficient (Wildman–Crippen LogP) is 8.35. The highest BCUT2D eigenvalue weighted by Gasteiger charge is 2.33. The molecule has 4 aromatic heterocycles. The summed E-state index contributed by atoms with van der Waals surface area (Å²) in [4.78, 5) is 25.5. The number of rotatable bonds is 8. The standard InChI is InChI=1S/C35H29F3N8S/c36-35(37,38)25-9-3-1-7-22(25)20-30-40-27-12-11-23(19-29(27)41-30)31-32(46-17-18-47-34(46)44-31)28-13-14-39-33(43-28)42-26-10-4-2-8-24(26)21-45-15-5-6-16-45/h1-4,7-14,17-19H,5-6,15-16,20-21H2,(H,40,41)(H,39,42,43). The Morgan fingerprint density at radius 2 is 1.70 bits per heavy atom. The molecule has 0 saturated carbocycles. The molecule has 0 radical (unpaired) electrons. The molecule has 0 unspecified atom stereocenters. The van der Waals surface area contributed by atoms with Crippen molar-refractivity contribution in [1.29, 1.82) is 0 Å². The molecule has 8 rings (SSSR count). The second kappa shape index (κ2) is 11.9. The highest BCUT2D eigenvalue weighted by Crippen LogP contribution is 2.36. The van der Waals surface area contributed by atoms with Gasteiger partial charge in [-0.3, -0.25) is 9.30 Å². The maximum atomic E-state index is 13.6. The zero-order valence-electron chi connectivity index (χ0n) is 25.1. The number of nitrogens with zero attached hydrogens (tertiary/aromatic N) is 6. The number of hydrogen-bond donors (Lipinski definition) is 2. The molecule has 7 aromatic rings. The summed E-state index contributed by atoms with van der Waals surface area (Å²) in [5.74, 6) is 0.941. The van der Waals surface area contributed by atoms with E-state index in [2.05, 4.69) is 43.4 Å². The molecular formula is C35H29F3N8S. The number of anilines is 2. The highest BCUT2D eigenvalue weighted by atomic mass is 32.1. The first-order valence-corrected chi connectivity index (χ1v) is 16.3. The van der Waals surface area contributed by atoms with Gasteiger partial charge in [0.1, 0.15) is 11.5 Å². The van der Waals surface area contributed by atoms with Crippen molar-refractivity contribution in [2.75, 3.05) is 18.4 Å². The molecule has 1 aliphatic rings.